The predicted molar refractivity (Wildman–Crippen MR) is 86.6 cm³/mol. The third-order valence-corrected chi connectivity index (χ3v) is 5.71. The lowest BCUT2D eigenvalue weighted by atomic mass is 10.1. The second-order valence-corrected chi connectivity index (χ2v) is 6.83. The number of hydrogen-bond acceptors (Lipinski definition) is 6. The van der Waals surface area contributed by atoms with Gasteiger partial charge in [0.25, 0.3) is 0 Å². The van der Waals surface area contributed by atoms with Crippen LogP contribution in [-0.2, 0) is 9.59 Å². The lowest BCUT2D eigenvalue weighted by Crippen LogP contribution is -2.68. The molecule has 2 aliphatic heterocycles. The molecule has 6 nitrogen and oxygen atoms in total. The Balaban J connectivity index is 1.80. The highest BCUT2D eigenvalue weighted by Gasteiger charge is 2.51. The molecule has 2 atom stereocenters. The summed E-state index contributed by atoms with van der Waals surface area (Å²) in [5, 5.41) is 10.9. The van der Waals surface area contributed by atoms with Crippen molar-refractivity contribution in [1.82, 2.24) is 9.88 Å². The number of thioether (sulfide) groups is 2. The van der Waals surface area contributed by atoms with E-state index < -0.39 is 12.0 Å². The largest absolute Gasteiger partial charge is 0.477 e. The number of nitrogens with two attached hydrogens (primary N) is 1. The van der Waals surface area contributed by atoms with E-state index in [1.54, 1.807) is 17.8 Å². The first-order valence-electron chi connectivity index (χ1n) is 6.49. The number of hydrogen-bond donors (Lipinski definition) is 2. The van der Waals surface area contributed by atoms with Crippen LogP contribution < -0.4 is 5.73 Å². The summed E-state index contributed by atoms with van der Waals surface area (Å²) in [6, 6.07) is 3.13. The van der Waals surface area contributed by atoms with Gasteiger partial charge in [0.1, 0.15) is 17.1 Å². The van der Waals surface area contributed by atoms with Gasteiger partial charge in [-0.1, -0.05) is 17.8 Å². The van der Waals surface area contributed by atoms with Gasteiger partial charge in [-0.3, -0.25) is 14.7 Å². The van der Waals surface area contributed by atoms with Gasteiger partial charge in [0.15, 0.2) is 0 Å². The first-order chi connectivity index (χ1) is 10.6. The van der Waals surface area contributed by atoms with E-state index in [2.05, 4.69) is 4.98 Å². The number of aromatic nitrogens is 1. The molecule has 1 unspecified atom stereocenters. The zero-order valence-corrected chi connectivity index (χ0v) is 13.0. The zero-order valence-electron chi connectivity index (χ0n) is 11.4. The Labute approximate surface area is 135 Å². The molecule has 1 aromatic heterocycles. The fraction of sp³-hybridized carbons (Fsp3) is 0.214. The molecular formula is C14H13N3O3S2. The summed E-state index contributed by atoms with van der Waals surface area (Å²) in [5.41, 5.74) is 6.68. The average molecular weight is 335 g/mol. The van der Waals surface area contributed by atoms with Gasteiger partial charge in [-0.15, -0.1) is 11.8 Å². The molecule has 3 heterocycles. The topological polar surface area (TPSA) is 96.5 Å². The molecule has 0 spiro atoms. The summed E-state index contributed by atoms with van der Waals surface area (Å²) in [5.74, 6) is -0.891. The molecule has 8 heteroatoms. The number of pyridine rings is 1. The lowest BCUT2D eigenvalue weighted by Gasteiger charge is -2.47. The van der Waals surface area contributed by atoms with Crippen molar-refractivity contribution in [3.8, 4) is 0 Å². The predicted octanol–water partition coefficient (Wildman–Crippen LogP) is 1.32. The quantitative estimate of drug-likeness (QED) is 0.801. The molecule has 2 aliphatic rings. The highest BCUT2D eigenvalue weighted by Crippen LogP contribution is 2.42. The van der Waals surface area contributed by atoms with E-state index in [4.69, 9.17) is 5.73 Å². The number of nitrogens with zero attached hydrogens (tertiary/aromatic N) is 2. The molecule has 0 saturated carbocycles. The van der Waals surface area contributed by atoms with Crippen LogP contribution in [0.4, 0.5) is 0 Å². The molecule has 1 saturated heterocycles. The summed E-state index contributed by atoms with van der Waals surface area (Å²) in [7, 11) is 0. The Morgan fingerprint density at radius 1 is 1.59 bits per heavy atom. The number of carbonyl (C=O) groups is 2. The summed E-state index contributed by atoms with van der Waals surface area (Å²) >= 11 is 2.80. The van der Waals surface area contributed by atoms with Crippen molar-refractivity contribution >= 4 is 41.5 Å². The SMILES string of the molecule is NC1C(=O)N2C(C(=O)O)=C(SC=Cc3cccnc3)CS[C@@H]12. The summed E-state index contributed by atoms with van der Waals surface area (Å²) < 4.78 is 0. The highest BCUT2D eigenvalue weighted by atomic mass is 32.2. The summed E-state index contributed by atoms with van der Waals surface area (Å²) in [6.07, 6.45) is 5.25. The Morgan fingerprint density at radius 2 is 2.41 bits per heavy atom. The maximum Gasteiger partial charge on any atom is 0.353 e. The fourth-order valence-corrected chi connectivity index (χ4v) is 4.55. The zero-order chi connectivity index (χ0) is 15.7. The van der Waals surface area contributed by atoms with Gasteiger partial charge in [0.05, 0.1) is 0 Å². The van der Waals surface area contributed by atoms with E-state index in [0.717, 1.165) is 5.56 Å². The van der Waals surface area contributed by atoms with Gasteiger partial charge in [-0.05, 0) is 23.1 Å². The minimum atomic E-state index is -1.09. The van der Waals surface area contributed by atoms with Gasteiger partial charge in [0.2, 0.25) is 5.91 Å². The Morgan fingerprint density at radius 3 is 3.09 bits per heavy atom. The van der Waals surface area contributed by atoms with Crippen LogP contribution >= 0.6 is 23.5 Å². The second kappa shape index (κ2) is 6.15. The van der Waals surface area contributed by atoms with Crippen LogP contribution in [0.3, 0.4) is 0 Å². The van der Waals surface area contributed by atoms with E-state index >= 15 is 0 Å². The van der Waals surface area contributed by atoms with Gasteiger partial charge in [0, 0.05) is 23.1 Å². The van der Waals surface area contributed by atoms with Crippen molar-refractivity contribution in [3.05, 3.63) is 46.1 Å². The van der Waals surface area contributed by atoms with Crippen LogP contribution in [0, 0.1) is 0 Å². The van der Waals surface area contributed by atoms with Crippen LogP contribution in [-0.4, -0.2) is 44.0 Å². The molecule has 1 amide bonds. The number of carboxylic acid groups (broad SMARTS) is 1. The molecule has 1 aromatic rings. The molecule has 114 valence electrons. The van der Waals surface area contributed by atoms with Gasteiger partial charge >= 0.3 is 5.97 Å². The number of β-lactam (4-membered cyclic amide) rings is 1. The van der Waals surface area contributed by atoms with E-state index in [1.807, 2.05) is 18.2 Å². The third-order valence-electron chi connectivity index (χ3n) is 3.33. The van der Waals surface area contributed by atoms with Gasteiger partial charge in [-0.2, -0.15) is 0 Å². The van der Waals surface area contributed by atoms with Crippen molar-refractivity contribution in [1.29, 1.82) is 0 Å². The van der Waals surface area contributed by atoms with Crippen molar-refractivity contribution < 1.29 is 14.7 Å². The number of aliphatic carboxylic acids is 1. The molecular weight excluding hydrogens is 322 g/mol. The second-order valence-electron chi connectivity index (χ2n) is 4.72. The van der Waals surface area contributed by atoms with Crippen LogP contribution in [0.5, 0.6) is 0 Å². The molecule has 1 fully saturated rings. The van der Waals surface area contributed by atoms with E-state index in [9.17, 15) is 14.7 Å². The molecule has 0 aromatic carbocycles. The molecule has 3 N–H and O–H groups in total. The normalized spacial score (nSPS) is 24.4. The lowest BCUT2D eigenvalue weighted by molar-refractivity contribution is -0.147. The summed E-state index contributed by atoms with van der Waals surface area (Å²) in [4.78, 5) is 29.2. The Bertz CT molecular complexity index is 675. The Kier molecular flexibility index (Phi) is 4.23. The molecule has 3 rings (SSSR count). The maximum atomic E-state index is 11.8. The van der Waals surface area contributed by atoms with E-state index in [-0.39, 0.29) is 17.0 Å². The maximum absolute atomic E-state index is 11.8. The first kappa shape index (κ1) is 15.1. The molecule has 0 radical (unpaired) electrons. The van der Waals surface area contributed by atoms with Crippen molar-refractivity contribution in [2.75, 3.05) is 5.75 Å². The number of fused-ring (bicyclic) bond motifs is 1. The number of carbonyl (C=O) groups excluding carboxylic acids is 1. The van der Waals surface area contributed by atoms with Gasteiger partial charge in [-0.25, -0.2) is 4.79 Å². The monoisotopic (exact) mass is 335 g/mol. The van der Waals surface area contributed by atoms with Crippen molar-refractivity contribution in [2.45, 2.75) is 11.4 Å². The van der Waals surface area contributed by atoms with Crippen molar-refractivity contribution in [3.63, 3.8) is 0 Å². The standard InChI is InChI=1S/C14H13N3O3S2/c15-10-12(18)17-11(14(19)20)9(7-22-13(10)17)21-5-3-8-2-1-4-16-6-8/h1-6,10,13H,7,15H2,(H,19,20)/t10?,13-/m0/s1. The number of amides is 1. The van der Waals surface area contributed by atoms with Crippen LogP contribution in [0.2, 0.25) is 0 Å². The minimum Gasteiger partial charge on any atom is -0.477 e. The minimum absolute atomic E-state index is 0.0521. The van der Waals surface area contributed by atoms with Crippen LogP contribution in [0.25, 0.3) is 6.08 Å². The highest BCUT2D eigenvalue weighted by molar-refractivity contribution is 8.08. The molecule has 0 aliphatic carbocycles. The van der Waals surface area contributed by atoms with E-state index in [0.29, 0.717) is 10.7 Å². The van der Waals surface area contributed by atoms with Crippen molar-refractivity contribution in [2.24, 2.45) is 5.73 Å². The first-order valence-corrected chi connectivity index (χ1v) is 8.42. The smallest absolute Gasteiger partial charge is 0.353 e. The molecule has 0 bridgehead atoms. The fourth-order valence-electron chi connectivity index (χ4n) is 2.25. The number of carboxylic acids is 1. The number of rotatable bonds is 4. The van der Waals surface area contributed by atoms with Gasteiger partial charge < -0.3 is 10.8 Å². The summed E-state index contributed by atoms with van der Waals surface area (Å²) in [6.45, 7) is 0. The third kappa shape index (κ3) is 2.65. The molecule has 22 heavy (non-hydrogen) atoms. The Hall–Kier alpha value is -1.77. The average Bonchev–Trinajstić information content (AvgIpc) is 2.54. The van der Waals surface area contributed by atoms with Crippen LogP contribution in [0.15, 0.2) is 40.5 Å². The van der Waals surface area contributed by atoms with E-state index in [1.165, 1.54) is 28.4 Å². The van der Waals surface area contributed by atoms with Crippen LogP contribution in [0.1, 0.15) is 5.56 Å².